The summed E-state index contributed by atoms with van der Waals surface area (Å²) in [5.41, 5.74) is 0.473. The molecule has 1 saturated heterocycles. The number of aromatic nitrogens is 1. The third-order valence-electron chi connectivity index (χ3n) is 8.32. The molecule has 3 rings (SSSR count). The average molecular weight is 570 g/mol. The van der Waals surface area contributed by atoms with Gasteiger partial charge in [-0.25, -0.2) is 4.79 Å². The Hall–Kier alpha value is -3.01. The molecule has 9 heteroatoms. The van der Waals surface area contributed by atoms with E-state index in [1.165, 1.54) is 4.90 Å². The number of hydrogen-bond acceptors (Lipinski definition) is 7. The van der Waals surface area contributed by atoms with Crippen molar-refractivity contribution < 1.29 is 29.6 Å². The van der Waals surface area contributed by atoms with E-state index in [1.807, 2.05) is 69.5 Å². The summed E-state index contributed by atoms with van der Waals surface area (Å²) in [7, 11) is 1.96. The first kappa shape index (κ1) is 32.5. The maximum atomic E-state index is 12.8. The van der Waals surface area contributed by atoms with Gasteiger partial charge in [-0.3, -0.25) is 9.78 Å². The van der Waals surface area contributed by atoms with Gasteiger partial charge < -0.3 is 29.9 Å². The summed E-state index contributed by atoms with van der Waals surface area (Å²) in [6, 6.07) is 5.33. The number of aliphatic hydroxyl groups excluding tert-OH is 1. The standard InChI is InChI=1S/C32H47N3O6/c1-22(27-12-6-7-17-33-27)10-8-11-23(2)30-24(3)13-14-26(28-21-34(5)18-9-19-35(28)31(38)39)32(4,40)16-15-25(36)20-29(37)41-30/h6-8,10-14,17,22,24-26,28,30,36,40H,9,15-16,18-21H2,1-5H3,(H,38,39)/b10-8+,14-13+,23-11+/t22-,24-,25-,26-,28?,30+,32-/m0/s1. The van der Waals surface area contributed by atoms with Gasteiger partial charge in [-0.2, -0.15) is 0 Å². The number of hydrogen-bond donors (Lipinski definition) is 3. The van der Waals surface area contributed by atoms with Gasteiger partial charge in [0, 0.05) is 42.7 Å². The highest BCUT2D eigenvalue weighted by atomic mass is 16.5. The molecule has 1 aromatic heterocycles. The molecular formula is C32H47N3O6. The van der Waals surface area contributed by atoms with E-state index in [2.05, 4.69) is 16.8 Å². The highest BCUT2D eigenvalue weighted by Gasteiger charge is 2.42. The molecule has 0 saturated carbocycles. The van der Waals surface area contributed by atoms with Crippen molar-refractivity contribution in [1.29, 1.82) is 0 Å². The summed E-state index contributed by atoms with van der Waals surface area (Å²) in [4.78, 5) is 33.0. The van der Waals surface area contributed by atoms with Crippen LogP contribution in [0.2, 0.25) is 0 Å². The molecular weight excluding hydrogens is 522 g/mol. The number of cyclic esters (lactones) is 1. The lowest BCUT2D eigenvalue weighted by Gasteiger charge is -2.42. The maximum Gasteiger partial charge on any atom is 0.407 e. The molecule has 7 atom stereocenters. The number of likely N-dealkylation sites (N-methyl/N-ethyl adjacent to an activating group) is 1. The van der Waals surface area contributed by atoms with Crippen molar-refractivity contribution in [2.24, 2.45) is 11.8 Å². The Morgan fingerprint density at radius 2 is 2.02 bits per heavy atom. The Bertz CT molecular complexity index is 1100. The molecule has 0 bridgehead atoms. The Morgan fingerprint density at radius 3 is 2.71 bits per heavy atom. The smallest absolute Gasteiger partial charge is 0.407 e. The van der Waals surface area contributed by atoms with Crippen LogP contribution in [0.4, 0.5) is 4.79 Å². The predicted molar refractivity (Wildman–Crippen MR) is 158 cm³/mol. The number of ether oxygens (including phenoxy) is 1. The summed E-state index contributed by atoms with van der Waals surface area (Å²) in [6.07, 6.45) is 9.81. The van der Waals surface area contributed by atoms with Crippen LogP contribution in [0.3, 0.4) is 0 Å². The lowest BCUT2D eigenvalue weighted by Crippen LogP contribution is -2.54. The van der Waals surface area contributed by atoms with Crippen molar-refractivity contribution in [2.75, 3.05) is 26.7 Å². The molecule has 3 heterocycles. The van der Waals surface area contributed by atoms with E-state index < -0.39 is 41.8 Å². The second-order valence-electron chi connectivity index (χ2n) is 11.9. The minimum Gasteiger partial charge on any atom is -0.465 e. The number of rotatable bonds is 5. The third-order valence-corrected chi connectivity index (χ3v) is 8.32. The van der Waals surface area contributed by atoms with Gasteiger partial charge in [0.15, 0.2) is 0 Å². The molecule has 41 heavy (non-hydrogen) atoms. The van der Waals surface area contributed by atoms with Gasteiger partial charge >= 0.3 is 12.1 Å². The summed E-state index contributed by atoms with van der Waals surface area (Å²) in [5, 5.41) is 32.4. The minimum absolute atomic E-state index is 0.101. The van der Waals surface area contributed by atoms with Crippen LogP contribution in [0.5, 0.6) is 0 Å². The van der Waals surface area contributed by atoms with Crippen LogP contribution in [0.1, 0.15) is 65.0 Å². The SMILES string of the molecule is C/C(=C\C=C\[C@H](C)c1ccccn1)[C@H]1OC(=O)C[C@@H](O)CC[C@](C)(O)[C@H](C2CN(C)CCCN2C(=O)O)/C=C/[C@@H]1C. The van der Waals surface area contributed by atoms with Crippen molar-refractivity contribution in [2.45, 2.75) is 83.1 Å². The summed E-state index contributed by atoms with van der Waals surface area (Å²) in [6.45, 7) is 9.23. The van der Waals surface area contributed by atoms with Crippen LogP contribution >= 0.6 is 0 Å². The van der Waals surface area contributed by atoms with Gasteiger partial charge in [-0.15, -0.1) is 0 Å². The molecule has 226 valence electrons. The quantitative estimate of drug-likeness (QED) is 0.271. The van der Waals surface area contributed by atoms with Crippen LogP contribution in [0.15, 0.2) is 60.3 Å². The van der Waals surface area contributed by atoms with E-state index in [0.717, 1.165) is 17.8 Å². The molecule has 9 nitrogen and oxygen atoms in total. The zero-order valence-electron chi connectivity index (χ0n) is 25.0. The van der Waals surface area contributed by atoms with Crippen LogP contribution < -0.4 is 0 Å². The molecule has 3 N–H and O–H groups in total. The molecule has 1 unspecified atom stereocenters. The first-order chi connectivity index (χ1) is 19.4. The average Bonchev–Trinajstić information content (AvgIpc) is 3.11. The number of allylic oxidation sites excluding steroid dienone is 3. The molecule has 1 fully saturated rings. The van der Waals surface area contributed by atoms with E-state index in [0.29, 0.717) is 19.5 Å². The second-order valence-corrected chi connectivity index (χ2v) is 11.9. The van der Waals surface area contributed by atoms with E-state index in [1.54, 1.807) is 13.1 Å². The zero-order chi connectivity index (χ0) is 30.2. The highest BCUT2D eigenvalue weighted by molar-refractivity contribution is 5.70. The summed E-state index contributed by atoms with van der Waals surface area (Å²) >= 11 is 0. The number of esters is 1. The Labute approximate surface area is 244 Å². The first-order valence-electron chi connectivity index (χ1n) is 14.6. The maximum absolute atomic E-state index is 12.8. The monoisotopic (exact) mass is 569 g/mol. The Morgan fingerprint density at radius 1 is 1.27 bits per heavy atom. The highest BCUT2D eigenvalue weighted by Crippen LogP contribution is 2.34. The Kier molecular flexibility index (Phi) is 11.7. The van der Waals surface area contributed by atoms with E-state index in [4.69, 9.17) is 4.74 Å². The number of aliphatic hydroxyl groups is 2. The van der Waals surface area contributed by atoms with Crippen LogP contribution in [0, 0.1) is 11.8 Å². The lowest BCUT2D eigenvalue weighted by atomic mass is 9.77. The number of carboxylic acid groups (broad SMARTS) is 1. The van der Waals surface area contributed by atoms with Gasteiger partial charge in [0.2, 0.25) is 0 Å². The number of amides is 1. The van der Waals surface area contributed by atoms with Crippen LogP contribution in [-0.4, -0.2) is 92.7 Å². The van der Waals surface area contributed by atoms with Crippen molar-refractivity contribution in [1.82, 2.24) is 14.8 Å². The van der Waals surface area contributed by atoms with E-state index >= 15 is 0 Å². The fourth-order valence-electron chi connectivity index (χ4n) is 5.81. The zero-order valence-corrected chi connectivity index (χ0v) is 25.0. The molecule has 2 aliphatic heterocycles. The third kappa shape index (κ3) is 9.24. The van der Waals surface area contributed by atoms with Gasteiger partial charge in [-0.1, -0.05) is 50.3 Å². The molecule has 0 spiro atoms. The fraction of sp³-hybridized carbons (Fsp3) is 0.594. The fourth-order valence-corrected chi connectivity index (χ4v) is 5.81. The summed E-state index contributed by atoms with van der Waals surface area (Å²) in [5.74, 6) is -1.20. The van der Waals surface area contributed by atoms with Crippen molar-refractivity contribution in [3.8, 4) is 0 Å². The van der Waals surface area contributed by atoms with E-state index in [9.17, 15) is 24.9 Å². The van der Waals surface area contributed by atoms with Crippen LogP contribution in [-0.2, 0) is 9.53 Å². The van der Waals surface area contributed by atoms with Gasteiger partial charge in [0.05, 0.1) is 24.2 Å². The van der Waals surface area contributed by atoms with Crippen LogP contribution in [0.25, 0.3) is 0 Å². The molecule has 0 aromatic carbocycles. The molecule has 0 radical (unpaired) electrons. The largest absolute Gasteiger partial charge is 0.465 e. The Balaban J connectivity index is 1.94. The van der Waals surface area contributed by atoms with Crippen molar-refractivity contribution in [3.63, 3.8) is 0 Å². The van der Waals surface area contributed by atoms with E-state index in [-0.39, 0.29) is 31.1 Å². The molecule has 1 aromatic rings. The van der Waals surface area contributed by atoms with Gasteiger partial charge in [0.1, 0.15) is 6.10 Å². The lowest BCUT2D eigenvalue weighted by molar-refractivity contribution is -0.151. The number of carbonyl (C=O) groups excluding carboxylic acids is 1. The minimum atomic E-state index is -1.31. The topological polar surface area (TPSA) is 123 Å². The number of pyridine rings is 1. The predicted octanol–water partition coefficient (Wildman–Crippen LogP) is 4.39. The second kappa shape index (κ2) is 14.8. The van der Waals surface area contributed by atoms with Crippen molar-refractivity contribution >= 4 is 12.1 Å². The molecule has 1 amide bonds. The van der Waals surface area contributed by atoms with Gasteiger partial charge in [-0.05, 0) is 64.4 Å². The number of carbonyl (C=O) groups is 2. The van der Waals surface area contributed by atoms with Gasteiger partial charge in [0.25, 0.3) is 0 Å². The molecule has 2 aliphatic rings. The molecule has 0 aliphatic carbocycles. The van der Waals surface area contributed by atoms with Crippen molar-refractivity contribution in [3.05, 3.63) is 66.0 Å². The normalized spacial score (nSPS) is 32.9. The first-order valence-corrected chi connectivity index (χ1v) is 14.6. The summed E-state index contributed by atoms with van der Waals surface area (Å²) < 4.78 is 5.90. The number of nitrogens with zero attached hydrogens (tertiary/aromatic N) is 3.